The van der Waals surface area contributed by atoms with Gasteiger partial charge in [0.15, 0.2) is 0 Å². The number of nitrogens with zero attached hydrogens (tertiary/aromatic N) is 1. The topological polar surface area (TPSA) is 74.5 Å². The summed E-state index contributed by atoms with van der Waals surface area (Å²) in [6, 6.07) is 15.7. The van der Waals surface area contributed by atoms with Crippen molar-refractivity contribution in [1.29, 1.82) is 0 Å². The van der Waals surface area contributed by atoms with Gasteiger partial charge in [0.1, 0.15) is 6.10 Å². The maximum Gasteiger partial charge on any atom is 0.253 e. The molecule has 4 rings (SSSR count). The zero-order chi connectivity index (χ0) is 18.1. The Morgan fingerprint density at radius 1 is 1.12 bits per heavy atom. The summed E-state index contributed by atoms with van der Waals surface area (Å²) in [5, 5.41) is 23.0. The molecule has 1 atom stereocenters. The zero-order valence-electron chi connectivity index (χ0n) is 14.4. The summed E-state index contributed by atoms with van der Waals surface area (Å²) < 4.78 is 2.12. The van der Waals surface area contributed by atoms with Crippen LogP contribution in [-0.4, -0.2) is 26.8 Å². The van der Waals surface area contributed by atoms with E-state index in [1.165, 1.54) is 0 Å². The molecule has 26 heavy (non-hydrogen) atoms. The highest BCUT2D eigenvalue weighted by molar-refractivity contribution is 5.96. The van der Waals surface area contributed by atoms with Gasteiger partial charge >= 0.3 is 0 Å². The highest BCUT2D eigenvalue weighted by Gasteiger charge is 2.34. The van der Waals surface area contributed by atoms with Crippen molar-refractivity contribution in [3.63, 3.8) is 0 Å². The minimum atomic E-state index is -0.914. The van der Waals surface area contributed by atoms with Crippen molar-refractivity contribution in [1.82, 2.24) is 4.57 Å². The van der Waals surface area contributed by atoms with Crippen LogP contribution >= 0.6 is 0 Å². The van der Waals surface area contributed by atoms with Crippen LogP contribution in [0.15, 0.2) is 54.7 Å². The predicted octanol–water partition coefficient (Wildman–Crippen LogP) is 2.89. The van der Waals surface area contributed by atoms with Crippen molar-refractivity contribution in [2.45, 2.75) is 32.1 Å². The van der Waals surface area contributed by atoms with Crippen molar-refractivity contribution in [2.75, 3.05) is 5.32 Å². The standard InChI is InChI=1S/C21H22N2O3/c24-13-15-3-1-14(2-4-15)12-23-10-9-16-7-8-18(11-19(16)23)22-21(26)20(25)17-5-6-17/h1-4,7-11,17,20,24-25H,5-6,12-13H2,(H,22,26). The summed E-state index contributed by atoms with van der Waals surface area (Å²) >= 11 is 0. The SMILES string of the molecule is O=C(Nc1ccc2ccn(Cc3ccc(CO)cc3)c2c1)C(O)C1CC1. The Morgan fingerprint density at radius 3 is 2.54 bits per heavy atom. The van der Waals surface area contributed by atoms with E-state index in [9.17, 15) is 9.90 Å². The monoisotopic (exact) mass is 350 g/mol. The fraction of sp³-hybridized carbons (Fsp3) is 0.286. The Kier molecular flexibility index (Phi) is 4.49. The van der Waals surface area contributed by atoms with Crippen molar-refractivity contribution in [3.05, 3.63) is 65.9 Å². The van der Waals surface area contributed by atoms with Gasteiger partial charge in [-0.1, -0.05) is 30.3 Å². The Balaban J connectivity index is 1.54. The number of hydrogen-bond donors (Lipinski definition) is 3. The normalized spacial score (nSPS) is 15.2. The Hall–Kier alpha value is -2.63. The molecule has 5 nitrogen and oxygen atoms in total. The van der Waals surface area contributed by atoms with E-state index in [0.717, 1.165) is 34.9 Å². The average molecular weight is 350 g/mol. The number of carbonyl (C=O) groups excluding carboxylic acids is 1. The van der Waals surface area contributed by atoms with Gasteiger partial charge in [-0.15, -0.1) is 0 Å². The van der Waals surface area contributed by atoms with Gasteiger partial charge in [0, 0.05) is 18.4 Å². The van der Waals surface area contributed by atoms with Gasteiger partial charge in [-0.3, -0.25) is 4.79 Å². The first-order chi connectivity index (χ1) is 12.6. The number of hydrogen-bond acceptors (Lipinski definition) is 3. The van der Waals surface area contributed by atoms with Crippen LogP contribution in [0.5, 0.6) is 0 Å². The van der Waals surface area contributed by atoms with Crippen LogP contribution in [0.25, 0.3) is 10.9 Å². The number of rotatable bonds is 6. The highest BCUT2D eigenvalue weighted by Crippen LogP contribution is 2.33. The predicted molar refractivity (Wildman–Crippen MR) is 101 cm³/mol. The van der Waals surface area contributed by atoms with Crippen molar-refractivity contribution in [2.24, 2.45) is 5.92 Å². The van der Waals surface area contributed by atoms with Crippen molar-refractivity contribution in [3.8, 4) is 0 Å². The lowest BCUT2D eigenvalue weighted by Gasteiger charge is -2.11. The second-order valence-electron chi connectivity index (χ2n) is 6.96. The maximum absolute atomic E-state index is 12.1. The molecule has 2 aromatic carbocycles. The minimum absolute atomic E-state index is 0.0441. The van der Waals surface area contributed by atoms with Crippen molar-refractivity contribution >= 4 is 22.5 Å². The Labute approximate surface area is 151 Å². The van der Waals surface area contributed by atoms with Crippen LogP contribution in [0, 0.1) is 5.92 Å². The van der Waals surface area contributed by atoms with E-state index < -0.39 is 6.10 Å². The fourth-order valence-corrected chi connectivity index (χ4v) is 3.19. The number of carbonyl (C=O) groups is 1. The minimum Gasteiger partial charge on any atom is -0.392 e. The summed E-state index contributed by atoms with van der Waals surface area (Å²) in [5.74, 6) is -0.214. The van der Waals surface area contributed by atoms with Crippen LogP contribution in [0.3, 0.4) is 0 Å². The molecule has 134 valence electrons. The molecule has 1 amide bonds. The summed E-state index contributed by atoms with van der Waals surface area (Å²) in [5.41, 5.74) is 3.75. The van der Waals surface area contributed by atoms with E-state index >= 15 is 0 Å². The molecule has 1 aliphatic rings. The third kappa shape index (κ3) is 3.49. The van der Waals surface area contributed by atoms with Gasteiger partial charge < -0.3 is 20.1 Å². The van der Waals surface area contributed by atoms with Crippen LogP contribution in [-0.2, 0) is 17.9 Å². The van der Waals surface area contributed by atoms with E-state index in [1.54, 1.807) is 0 Å². The van der Waals surface area contributed by atoms with Crippen LogP contribution < -0.4 is 5.32 Å². The third-order valence-electron chi connectivity index (χ3n) is 4.94. The number of aromatic nitrogens is 1. The van der Waals surface area contributed by atoms with Crippen molar-refractivity contribution < 1.29 is 15.0 Å². The van der Waals surface area contributed by atoms with Gasteiger partial charge in [-0.25, -0.2) is 0 Å². The summed E-state index contributed by atoms with van der Waals surface area (Å²) in [6.45, 7) is 0.750. The number of benzene rings is 2. The molecule has 0 radical (unpaired) electrons. The number of nitrogens with one attached hydrogen (secondary N) is 1. The molecule has 1 aromatic heterocycles. The Morgan fingerprint density at radius 2 is 1.85 bits per heavy atom. The first-order valence-corrected chi connectivity index (χ1v) is 8.90. The van der Waals surface area contributed by atoms with Gasteiger partial charge in [0.2, 0.25) is 0 Å². The second-order valence-corrected chi connectivity index (χ2v) is 6.96. The van der Waals surface area contributed by atoms with Gasteiger partial charge in [-0.05, 0) is 53.5 Å². The quantitative estimate of drug-likeness (QED) is 0.640. The molecule has 0 aliphatic heterocycles. The molecule has 0 saturated heterocycles. The fourth-order valence-electron chi connectivity index (χ4n) is 3.19. The lowest BCUT2D eigenvalue weighted by Crippen LogP contribution is -2.29. The molecule has 3 N–H and O–H groups in total. The number of fused-ring (bicyclic) bond motifs is 1. The van der Waals surface area contributed by atoms with E-state index in [0.29, 0.717) is 12.2 Å². The largest absolute Gasteiger partial charge is 0.392 e. The Bertz CT molecular complexity index is 926. The number of anilines is 1. The molecular weight excluding hydrogens is 328 g/mol. The van der Waals surface area contributed by atoms with E-state index in [-0.39, 0.29) is 18.4 Å². The zero-order valence-corrected chi connectivity index (χ0v) is 14.4. The van der Waals surface area contributed by atoms with E-state index in [1.807, 2.05) is 54.7 Å². The lowest BCUT2D eigenvalue weighted by molar-refractivity contribution is -0.124. The molecule has 1 fully saturated rings. The number of aliphatic hydroxyl groups excluding tert-OH is 2. The van der Waals surface area contributed by atoms with E-state index in [2.05, 4.69) is 9.88 Å². The molecular formula is C21H22N2O3. The van der Waals surface area contributed by atoms with Gasteiger partial charge in [-0.2, -0.15) is 0 Å². The van der Waals surface area contributed by atoms with E-state index in [4.69, 9.17) is 5.11 Å². The molecule has 5 heteroatoms. The smallest absolute Gasteiger partial charge is 0.253 e. The molecule has 1 saturated carbocycles. The number of amides is 1. The van der Waals surface area contributed by atoms with Gasteiger partial charge in [0.25, 0.3) is 5.91 Å². The maximum atomic E-state index is 12.1. The van der Waals surface area contributed by atoms with Crippen LogP contribution in [0.2, 0.25) is 0 Å². The molecule has 0 bridgehead atoms. The molecule has 1 heterocycles. The van der Waals surface area contributed by atoms with Crippen LogP contribution in [0.1, 0.15) is 24.0 Å². The first-order valence-electron chi connectivity index (χ1n) is 8.90. The summed E-state index contributed by atoms with van der Waals surface area (Å²) in [4.78, 5) is 12.1. The first kappa shape index (κ1) is 16.8. The summed E-state index contributed by atoms with van der Waals surface area (Å²) in [6.07, 6.45) is 2.95. The highest BCUT2D eigenvalue weighted by atomic mass is 16.3. The molecule has 0 spiro atoms. The lowest BCUT2D eigenvalue weighted by atomic mass is 10.1. The number of aliphatic hydroxyl groups is 2. The average Bonchev–Trinajstić information content (AvgIpc) is 3.44. The molecule has 3 aromatic rings. The second kappa shape index (κ2) is 6.94. The van der Waals surface area contributed by atoms with Crippen LogP contribution in [0.4, 0.5) is 5.69 Å². The summed E-state index contributed by atoms with van der Waals surface area (Å²) in [7, 11) is 0. The third-order valence-corrected chi connectivity index (χ3v) is 4.94. The molecule has 1 unspecified atom stereocenters. The van der Waals surface area contributed by atoms with Gasteiger partial charge in [0.05, 0.1) is 12.1 Å². The molecule has 1 aliphatic carbocycles.